The van der Waals surface area contributed by atoms with Crippen LogP contribution in [-0.4, -0.2) is 5.97 Å². The second kappa shape index (κ2) is 5.07. The van der Waals surface area contributed by atoms with E-state index in [2.05, 4.69) is 5.73 Å². The predicted molar refractivity (Wildman–Crippen MR) is 70.9 cm³/mol. The third kappa shape index (κ3) is 2.44. The first-order valence-corrected chi connectivity index (χ1v) is 5.96. The second-order valence-electron chi connectivity index (χ2n) is 4.57. The van der Waals surface area contributed by atoms with Crippen molar-refractivity contribution in [3.05, 3.63) is 64.4 Å². The fourth-order valence-electron chi connectivity index (χ4n) is 1.85. The highest BCUT2D eigenvalue weighted by Crippen LogP contribution is 2.35. The van der Waals surface area contributed by atoms with Crippen molar-refractivity contribution in [2.24, 2.45) is 0 Å². The second-order valence-corrected chi connectivity index (χ2v) is 4.57. The van der Waals surface area contributed by atoms with Gasteiger partial charge in [0.05, 0.1) is 0 Å². The maximum absolute atomic E-state index is 11.7. The number of hydrogen-bond donors (Lipinski definition) is 0. The van der Waals surface area contributed by atoms with E-state index < -0.39 is 0 Å². The normalized spacial score (nSPS) is 18.4. The molecule has 18 heavy (non-hydrogen) atoms. The molecule has 0 bridgehead atoms. The van der Waals surface area contributed by atoms with Crippen molar-refractivity contribution in [3.8, 4) is 0 Å². The van der Waals surface area contributed by atoms with Gasteiger partial charge in [0.2, 0.25) is 0 Å². The van der Waals surface area contributed by atoms with E-state index in [9.17, 15) is 4.79 Å². The zero-order chi connectivity index (χ0) is 13.1. The third-order valence-corrected chi connectivity index (χ3v) is 2.87. The van der Waals surface area contributed by atoms with E-state index in [1.807, 2.05) is 50.3 Å². The number of esters is 1. The van der Waals surface area contributed by atoms with E-state index in [0.717, 1.165) is 16.7 Å². The van der Waals surface area contributed by atoms with Crippen molar-refractivity contribution < 1.29 is 9.53 Å². The van der Waals surface area contributed by atoms with Crippen LogP contribution >= 0.6 is 0 Å². The van der Waals surface area contributed by atoms with Crippen LogP contribution in [0.5, 0.6) is 0 Å². The van der Waals surface area contributed by atoms with Crippen LogP contribution in [0.4, 0.5) is 0 Å². The Bertz CT molecular complexity index is 554. The molecule has 1 atom stereocenters. The van der Waals surface area contributed by atoms with E-state index in [4.69, 9.17) is 4.74 Å². The van der Waals surface area contributed by atoms with Gasteiger partial charge in [0, 0.05) is 11.1 Å². The molecule has 0 N–H and O–H groups in total. The van der Waals surface area contributed by atoms with Gasteiger partial charge in [-0.05, 0) is 38.0 Å². The Balaban J connectivity index is 2.44. The Morgan fingerprint density at radius 2 is 1.94 bits per heavy atom. The SMILES string of the molecule is CC(C)=C=CC1=C(C)C(=O)O[C@H]1c1ccccc1. The van der Waals surface area contributed by atoms with Crippen LogP contribution in [0.2, 0.25) is 0 Å². The molecule has 2 nitrogen and oxygen atoms in total. The predicted octanol–water partition coefficient (Wildman–Crippen LogP) is 3.72. The summed E-state index contributed by atoms with van der Waals surface area (Å²) < 4.78 is 5.41. The summed E-state index contributed by atoms with van der Waals surface area (Å²) in [6, 6.07) is 9.76. The number of cyclic esters (lactones) is 1. The average Bonchev–Trinajstić information content (AvgIpc) is 2.64. The first-order valence-electron chi connectivity index (χ1n) is 5.96. The van der Waals surface area contributed by atoms with Gasteiger partial charge >= 0.3 is 5.97 Å². The highest BCUT2D eigenvalue weighted by atomic mass is 16.5. The number of ether oxygens (including phenoxy) is 1. The van der Waals surface area contributed by atoms with E-state index in [-0.39, 0.29) is 12.1 Å². The molecule has 1 aromatic carbocycles. The molecule has 1 aliphatic rings. The van der Waals surface area contributed by atoms with Crippen LogP contribution in [0, 0.1) is 0 Å². The Morgan fingerprint density at radius 1 is 1.28 bits per heavy atom. The minimum atomic E-state index is -0.300. The van der Waals surface area contributed by atoms with Gasteiger partial charge in [-0.25, -0.2) is 4.79 Å². The van der Waals surface area contributed by atoms with E-state index in [1.165, 1.54) is 0 Å². The van der Waals surface area contributed by atoms with E-state index in [1.54, 1.807) is 6.92 Å². The molecule has 0 spiro atoms. The third-order valence-electron chi connectivity index (χ3n) is 2.87. The van der Waals surface area contributed by atoms with Gasteiger partial charge in [0.25, 0.3) is 0 Å². The molecule has 0 unspecified atom stereocenters. The quantitative estimate of drug-likeness (QED) is 0.581. The summed E-state index contributed by atoms with van der Waals surface area (Å²) in [4.78, 5) is 11.7. The molecule has 1 aromatic rings. The van der Waals surface area contributed by atoms with Gasteiger partial charge in [0.15, 0.2) is 6.10 Å². The number of carbonyl (C=O) groups excluding carboxylic acids is 1. The summed E-state index contributed by atoms with van der Waals surface area (Å²) >= 11 is 0. The van der Waals surface area contributed by atoms with Gasteiger partial charge in [-0.1, -0.05) is 30.3 Å². The fraction of sp³-hybridized carbons (Fsp3) is 0.250. The smallest absolute Gasteiger partial charge is 0.335 e. The molecule has 0 fully saturated rings. The minimum Gasteiger partial charge on any atom is -0.449 e. The summed E-state index contributed by atoms with van der Waals surface area (Å²) in [5.41, 5.74) is 6.76. The van der Waals surface area contributed by atoms with E-state index >= 15 is 0 Å². The van der Waals surface area contributed by atoms with Crippen molar-refractivity contribution in [3.63, 3.8) is 0 Å². The molecule has 0 amide bonds. The maximum atomic E-state index is 11.7. The zero-order valence-electron chi connectivity index (χ0n) is 10.9. The average molecular weight is 240 g/mol. The Hall–Kier alpha value is -2.05. The molecule has 0 saturated carbocycles. The van der Waals surface area contributed by atoms with E-state index in [0.29, 0.717) is 5.57 Å². The van der Waals surface area contributed by atoms with Crippen molar-refractivity contribution >= 4 is 5.97 Å². The monoisotopic (exact) mass is 240 g/mol. The van der Waals surface area contributed by atoms with Crippen LogP contribution < -0.4 is 0 Å². The molecule has 0 saturated heterocycles. The van der Waals surface area contributed by atoms with Gasteiger partial charge in [-0.3, -0.25) is 0 Å². The molecule has 2 rings (SSSR count). The fourth-order valence-corrected chi connectivity index (χ4v) is 1.85. The maximum Gasteiger partial charge on any atom is 0.335 e. The Labute approximate surface area is 107 Å². The molecule has 1 aliphatic heterocycles. The van der Waals surface area contributed by atoms with Crippen molar-refractivity contribution in [2.75, 3.05) is 0 Å². The van der Waals surface area contributed by atoms with Crippen LogP contribution in [0.25, 0.3) is 0 Å². The number of benzene rings is 1. The summed E-state index contributed by atoms with van der Waals surface area (Å²) in [6.45, 7) is 5.74. The van der Waals surface area contributed by atoms with Gasteiger partial charge in [0.1, 0.15) is 0 Å². The number of carbonyl (C=O) groups is 1. The summed E-state index contributed by atoms with van der Waals surface area (Å²) in [6.07, 6.45) is 1.55. The van der Waals surface area contributed by atoms with Crippen LogP contribution in [-0.2, 0) is 9.53 Å². The molecule has 0 aliphatic carbocycles. The molecular weight excluding hydrogens is 224 g/mol. The molecular formula is C16H16O2. The van der Waals surface area contributed by atoms with Crippen LogP contribution in [0.15, 0.2) is 58.9 Å². The molecule has 1 heterocycles. The first kappa shape index (κ1) is 12.4. The van der Waals surface area contributed by atoms with Crippen molar-refractivity contribution in [1.82, 2.24) is 0 Å². The molecule has 2 heteroatoms. The van der Waals surface area contributed by atoms with Crippen molar-refractivity contribution in [1.29, 1.82) is 0 Å². The minimum absolute atomic E-state index is 0.245. The topological polar surface area (TPSA) is 26.3 Å². The number of rotatable bonds is 2. The Morgan fingerprint density at radius 3 is 2.56 bits per heavy atom. The highest BCUT2D eigenvalue weighted by Gasteiger charge is 2.30. The molecule has 0 aromatic heterocycles. The first-order chi connectivity index (χ1) is 8.59. The highest BCUT2D eigenvalue weighted by molar-refractivity contribution is 5.92. The largest absolute Gasteiger partial charge is 0.449 e. The van der Waals surface area contributed by atoms with Crippen LogP contribution in [0.3, 0.4) is 0 Å². The molecule has 0 radical (unpaired) electrons. The Kier molecular flexibility index (Phi) is 3.50. The lowest BCUT2D eigenvalue weighted by Crippen LogP contribution is -2.02. The summed E-state index contributed by atoms with van der Waals surface area (Å²) in [5.74, 6) is -0.245. The lowest BCUT2D eigenvalue weighted by Gasteiger charge is -2.11. The lowest BCUT2D eigenvalue weighted by molar-refractivity contribution is -0.139. The summed E-state index contributed by atoms with van der Waals surface area (Å²) in [7, 11) is 0. The van der Waals surface area contributed by atoms with Gasteiger partial charge in [-0.15, -0.1) is 5.73 Å². The van der Waals surface area contributed by atoms with Crippen LogP contribution in [0.1, 0.15) is 32.4 Å². The van der Waals surface area contributed by atoms with Crippen molar-refractivity contribution in [2.45, 2.75) is 26.9 Å². The lowest BCUT2D eigenvalue weighted by atomic mass is 9.99. The standard InChI is InChI=1S/C16H16O2/c1-11(2)9-10-14-12(3)16(17)18-15(14)13-7-5-4-6-8-13/h4-8,10,15H,1-3H3/t15-/m0/s1. The summed E-state index contributed by atoms with van der Waals surface area (Å²) in [5, 5.41) is 0. The van der Waals surface area contributed by atoms with Gasteiger partial charge in [-0.2, -0.15) is 0 Å². The van der Waals surface area contributed by atoms with Gasteiger partial charge < -0.3 is 4.74 Å². The number of hydrogen-bond acceptors (Lipinski definition) is 2. The zero-order valence-corrected chi connectivity index (χ0v) is 10.9. The molecule has 92 valence electrons.